The molecule has 25 heavy (non-hydrogen) atoms. The summed E-state index contributed by atoms with van der Waals surface area (Å²) in [4.78, 5) is 46.0. The van der Waals surface area contributed by atoms with Gasteiger partial charge in [0.05, 0.1) is 19.6 Å². The van der Waals surface area contributed by atoms with Gasteiger partial charge in [0, 0.05) is 18.7 Å². The quantitative estimate of drug-likeness (QED) is 0.447. The van der Waals surface area contributed by atoms with E-state index < -0.39 is 30.9 Å². The molecule has 136 valence electrons. The van der Waals surface area contributed by atoms with Gasteiger partial charge in [0.25, 0.3) is 5.91 Å². The van der Waals surface area contributed by atoms with E-state index in [9.17, 15) is 19.2 Å². The van der Waals surface area contributed by atoms with Crippen molar-refractivity contribution in [2.24, 2.45) is 0 Å². The average Bonchev–Trinajstić information content (AvgIpc) is 2.52. The molecule has 0 saturated carbocycles. The van der Waals surface area contributed by atoms with E-state index in [-0.39, 0.29) is 19.0 Å². The Morgan fingerprint density at radius 2 is 1.52 bits per heavy atom. The Kier molecular flexibility index (Phi) is 8.07. The number of benzene rings is 1. The lowest BCUT2D eigenvalue weighted by molar-refractivity contribution is -0.142. The summed E-state index contributed by atoms with van der Waals surface area (Å²) in [6, 6.07) is 6.28. The largest absolute Gasteiger partial charge is 0.480 e. The first kappa shape index (κ1) is 20.1. The molecule has 1 aromatic rings. The van der Waals surface area contributed by atoms with Crippen LogP contribution in [0.25, 0.3) is 0 Å². The Bertz CT molecular complexity index is 613. The van der Waals surface area contributed by atoms with Crippen LogP contribution >= 0.6 is 0 Å². The highest BCUT2D eigenvalue weighted by molar-refractivity contribution is 5.96. The zero-order valence-corrected chi connectivity index (χ0v) is 13.8. The van der Waals surface area contributed by atoms with E-state index in [1.165, 1.54) is 17.0 Å². The van der Waals surface area contributed by atoms with Gasteiger partial charge in [-0.25, -0.2) is 0 Å². The number of carbonyl (C=O) groups excluding carboxylic acids is 2. The van der Waals surface area contributed by atoms with Crippen molar-refractivity contribution in [1.82, 2.24) is 15.5 Å². The molecular weight excluding hydrogens is 330 g/mol. The molecule has 0 heterocycles. The maximum atomic E-state index is 11.9. The number of carboxylic acid groups (broad SMARTS) is 2. The number of hydrogen-bond acceptors (Lipinski definition) is 5. The summed E-state index contributed by atoms with van der Waals surface area (Å²) >= 11 is 0. The van der Waals surface area contributed by atoms with E-state index in [1.807, 2.05) is 0 Å². The molecule has 0 fully saturated rings. The van der Waals surface area contributed by atoms with Gasteiger partial charge in [-0.3, -0.25) is 24.1 Å². The fourth-order valence-electron chi connectivity index (χ4n) is 2.09. The van der Waals surface area contributed by atoms with Gasteiger partial charge in [-0.05, 0) is 24.6 Å². The standard InChI is InChI=1S/C16H21N3O6/c1-2-17-13(20)7-18-16(25)12-5-3-11(4-6-12)8-19(9-14(21)22)10-15(23)24/h3-6H,2,7-10H2,1H3,(H,17,20)(H,18,25)(H,21,22)(H,23,24). The summed E-state index contributed by atoms with van der Waals surface area (Å²) in [5, 5.41) is 22.7. The van der Waals surface area contributed by atoms with Crippen LogP contribution in [0.3, 0.4) is 0 Å². The second-order valence-electron chi connectivity index (χ2n) is 5.27. The van der Waals surface area contributed by atoms with Crippen molar-refractivity contribution in [1.29, 1.82) is 0 Å². The first-order valence-corrected chi connectivity index (χ1v) is 7.61. The van der Waals surface area contributed by atoms with Crippen molar-refractivity contribution < 1.29 is 29.4 Å². The Hall–Kier alpha value is -2.94. The van der Waals surface area contributed by atoms with Crippen molar-refractivity contribution in [3.63, 3.8) is 0 Å². The third-order valence-corrected chi connectivity index (χ3v) is 3.12. The van der Waals surface area contributed by atoms with E-state index >= 15 is 0 Å². The molecule has 1 rings (SSSR count). The van der Waals surface area contributed by atoms with E-state index in [0.717, 1.165) is 0 Å². The topological polar surface area (TPSA) is 136 Å². The molecule has 0 spiro atoms. The van der Waals surface area contributed by atoms with Crippen LogP contribution in [0.4, 0.5) is 0 Å². The number of nitrogens with zero attached hydrogens (tertiary/aromatic N) is 1. The zero-order chi connectivity index (χ0) is 18.8. The summed E-state index contributed by atoms with van der Waals surface area (Å²) in [6.07, 6.45) is 0. The highest BCUT2D eigenvalue weighted by Gasteiger charge is 2.14. The molecule has 0 aliphatic rings. The van der Waals surface area contributed by atoms with Crippen LogP contribution in [0.5, 0.6) is 0 Å². The minimum atomic E-state index is -1.12. The van der Waals surface area contributed by atoms with Crippen molar-refractivity contribution >= 4 is 23.8 Å². The highest BCUT2D eigenvalue weighted by Crippen LogP contribution is 2.08. The van der Waals surface area contributed by atoms with Crippen molar-refractivity contribution in [3.8, 4) is 0 Å². The lowest BCUT2D eigenvalue weighted by Crippen LogP contribution is -2.36. The summed E-state index contributed by atoms with van der Waals surface area (Å²) in [5.41, 5.74) is 1.01. The Labute approximate surface area is 144 Å². The number of likely N-dealkylation sites (N-methyl/N-ethyl adjacent to an activating group) is 1. The molecule has 0 saturated heterocycles. The van der Waals surface area contributed by atoms with Crippen LogP contribution in [0, 0.1) is 0 Å². The monoisotopic (exact) mass is 351 g/mol. The zero-order valence-electron chi connectivity index (χ0n) is 13.8. The van der Waals surface area contributed by atoms with Gasteiger partial charge in [0.1, 0.15) is 0 Å². The second-order valence-corrected chi connectivity index (χ2v) is 5.27. The molecule has 2 amide bonds. The maximum absolute atomic E-state index is 11.9. The molecule has 4 N–H and O–H groups in total. The number of nitrogens with one attached hydrogen (secondary N) is 2. The number of aliphatic carboxylic acids is 2. The van der Waals surface area contributed by atoms with E-state index in [0.29, 0.717) is 17.7 Å². The third kappa shape index (κ3) is 7.93. The molecule has 9 heteroatoms. The van der Waals surface area contributed by atoms with E-state index in [4.69, 9.17) is 10.2 Å². The van der Waals surface area contributed by atoms with Crippen LogP contribution in [-0.2, 0) is 20.9 Å². The normalized spacial score (nSPS) is 10.3. The number of hydrogen-bond donors (Lipinski definition) is 4. The van der Waals surface area contributed by atoms with Gasteiger partial charge in [0.2, 0.25) is 5.91 Å². The van der Waals surface area contributed by atoms with Gasteiger partial charge < -0.3 is 20.8 Å². The predicted molar refractivity (Wildman–Crippen MR) is 88.0 cm³/mol. The van der Waals surface area contributed by atoms with E-state index in [1.54, 1.807) is 19.1 Å². The van der Waals surface area contributed by atoms with Crippen molar-refractivity contribution in [3.05, 3.63) is 35.4 Å². The molecular formula is C16H21N3O6. The Morgan fingerprint density at radius 1 is 0.960 bits per heavy atom. The number of carbonyl (C=O) groups is 4. The molecule has 0 radical (unpaired) electrons. The van der Waals surface area contributed by atoms with E-state index in [2.05, 4.69) is 10.6 Å². The molecule has 0 atom stereocenters. The first-order valence-electron chi connectivity index (χ1n) is 7.61. The van der Waals surface area contributed by atoms with Gasteiger partial charge >= 0.3 is 11.9 Å². The number of carboxylic acids is 2. The maximum Gasteiger partial charge on any atom is 0.317 e. The third-order valence-electron chi connectivity index (χ3n) is 3.12. The summed E-state index contributed by atoms with van der Waals surface area (Å²) < 4.78 is 0. The summed E-state index contributed by atoms with van der Waals surface area (Å²) in [5.74, 6) is -2.94. The lowest BCUT2D eigenvalue weighted by atomic mass is 10.1. The van der Waals surface area contributed by atoms with Crippen LogP contribution in [-0.4, -0.2) is 65.0 Å². The van der Waals surface area contributed by atoms with Crippen LogP contribution in [0.1, 0.15) is 22.8 Å². The molecule has 0 bridgehead atoms. The molecule has 0 aliphatic carbocycles. The van der Waals surface area contributed by atoms with Crippen LogP contribution in [0.15, 0.2) is 24.3 Å². The number of rotatable bonds is 10. The van der Waals surface area contributed by atoms with Crippen molar-refractivity contribution in [2.75, 3.05) is 26.2 Å². The molecule has 0 aliphatic heterocycles. The van der Waals surface area contributed by atoms with Gasteiger partial charge in [-0.1, -0.05) is 12.1 Å². The summed E-state index contributed by atoms with van der Waals surface area (Å²) in [7, 11) is 0. The molecule has 9 nitrogen and oxygen atoms in total. The van der Waals surface area contributed by atoms with Crippen LogP contribution in [0.2, 0.25) is 0 Å². The Morgan fingerprint density at radius 3 is 2.00 bits per heavy atom. The second kappa shape index (κ2) is 10.0. The highest BCUT2D eigenvalue weighted by atomic mass is 16.4. The minimum absolute atomic E-state index is 0.124. The van der Waals surface area contributed by atoms with Gasteiger partial charge in [0.15, 0.2) is 0 Å². The minimum Gasteiger partial charge on any atom is -0.480 e. The predicted octanol–water partition coefficient (Wildman–Crippen LogP) is -0.476. The van der Waals surface area contributed by atoms with Crippen molar-refractivity contribution in [2.45, 2.75) is 13.5 Å². The Balaban J connectivity index is 2.64. The smallest absolute Gasteiger partial charge is 0.317 e. The SMILES string of the molecule is CCNC(=O)CNC(=O)c1ccc(CN(CC(=O)O)CC(=O)O)cc1. The fraction of sp³-hybridized carbons (Fsp3) is 0.375. The summed E-state index contributed by atoms with van der Waals surface area (Å²) in [6.45, 7) is 1.45. The number of amides is 2. The molecule has 1 aromatic carbocycles. The molecule has 0 unspecified atom stereocenters. The average molecular weight is 351 g/mol. The molecule has 0 aromatic heterocycles. The van der Waals surface area contributed by atoms with Gasteiger partial charge in [-0.15, -0.1) is 0 Å². The van der Waals surface area contributed by atoms with Gasteiger partial charge in [-0.2, -0.15) is 0 Å². The first-order chi connectivity index (χ1) is 11.8. The fourth-order valence-corrected chi connectivity index (χ4v) is 2.09. The van der Waals surface area contributed by atoms with Crippen LogP contribution < -0.4 is 10.6 Å². The lowest BCUT2D eigenvalue weighted by Gasteiger charge is -2.18.